The van der Waals surface area contributed by atoms with Crippen LogP contribution in [-0.2, 0) is 4.79 Å². The quantitative estimate of drug-likeness (QED) is 0.847. The van der Waals surface area contributed by atoms with Gasteiger partial charge in [-0.1, -0.05) is 0 Å². The molecule has 6 nitrogen and oxygen atoms in total. The summed E-state index contributed by atoms with van der Waals surface area (Å²) < 4.78 is 0. The molecule has 1 aliphatic heterocycles. The largest absolute Gasteiger partial charge is 0.384 e. The van der Waals surface area contributed by atoms with Gasteiger partial charge in [-0.2, -0.15) is 0 Å². The SMILES string of the molecule is CN1CC(Nc2cc(N)nc(C3CC3)n2)CCC1=O. The Bertz CT molecular complexity index is 500. The molecular weight excluding hydrogens is 242 g/mol. The number of nitrogens with two attached hydrogens (primary N) is 1. The van der Waals surface area contributed by atoms with Gasteiger partial charge in [-0.15, -0.1) is 0 Å². The number of anilines is 2. The van der Waals surface area contributed by atoms with Crippen LogP contribution in [0.15, 0.2) is 6.07 Å². The fourth-order valence-corrected chi connectivity index (χ4v) is 2.42. The van der Waals surface area contributed by atoms with Crippen molar-refractivity contribution in [2.45, 2.75) is 37.6 Å². The Morgan fingerprint density at radius 1 is 1.37 bits per heavy atom. The van der Waals surface area contributed by atoms with Gasteiger partial charge in [0.05, 0.1) is 0 Å². The smallest absolute Gasteiger partial charge is 0.222 e. The van der Waals surface area contributed by atoms with Gasteiger partial charge < -0.3 is 16.0 Å². The van der Waals surface area contributed by atoms with Crippen LogP contribution in [0.2, 0.25) is 0 Å². The molecule has 1 unspecified atom stereocenters. The van der Waals surface area contributed by atoms with E-state index in [9.17, 15) is 4.79 Å². The fraction of sp³-hybridized carbons (Fsp3) is 0.615. The lowest BCUT2D eigenvalue weighted by Crippen LogP contribution is -2.43. The maximum atomic E-state index is 11.5. The van der Waals surface area contributed by atoms with Crippen LogP contribution in [0.25, 0.3) is 0 Å². The second-order valence-electron chi connectivity index (χ2n) is 5.46. The number of hydrogen-bond donors (Lipinski definition) is 2. The van der Waals surface area contributed by atoms with Gasteiger partial charge in [-0.05, 0) is 19.3 Å². The lowest BCUT2D eigenvalue weighted by Gasteiger charge is -2.30. The van der Waals surface area contributed by atoms with Crippen LogP contribution in [0.4, 0.5) is 11.6 Å². The molecule has 0 radical (unpaired) electrons. The van der Waals surface area contributed by atoms with Crippen molar-refractivity contribution in [2.75, 3.05) is 24.6 Å². The monoisotopic (exact) mass is 261 g/mol. The number of piperidine rings is 1. The Hall–Kier alpha value is -1.85. The van der Waals surface area contributed by atoms with E-state index in [1.165, 1.54) is 0 Å². The van der Waals surface area contributed by atoms with Gasteiger partial charge in [-0.3, -0.25) is 4.79 Å². The minimum absolute atomic E-state index is 0.207. The van der Waals surface area contributed by atoms with Gasteiger partial charge in [0.2, 0.25) is 5.91 Å². The molecule has 2 aliphatic rings. The third kappa shape index (κ3) is 2.77. The van der Waals surface area contributed by atoms with Crippen LogP contribution in [-0.4, -0.2) is 40.4 Å². The highest BCUT2D eigenvalue weighted by molar-refractivity contribution is 5.77. The van der Waals surface area contributed by atoms with Crippen LogP contribution in [0.5, 0.6) is 0 Å². The Morgan fingerprint density at radius 2 is 2.16 bits per heavy atom. The predicted octanol–water partition coefficient (Wildman–Crippen LogP) is 0.969. The van der Waals surface area contributed by atoms with E-state index in [2.05, 4.69) is 15.3 Å². The Labute approximate surface area is 112 Å². The normalized spacial score (nSPS) is 23.5. The molecule has 102 valence electrons. The summed E-state index contributed by atoms with van der Waals surface area (Å²) in [5, 5.41) is 3.37. The third-order valence-electron chi connectivity index (χ3n) is 3.68. The van der Waals surface area contributed by atoms with E-state index >= 15 is 0 Å². The number of amides is 1. The van der Waals surface area contributed by atoms with Gasteiger partial charge in [0.25, 0.3) is 0 Å². The molecule has 0 spiro atoms. The average Bonchev–Trinajstić information content (AvgIpc) is 3.17. The molecule has 1 saturated carbocycles. The lowest BCUT2D eigenvalue weighted by molar-refractivity contribution is -0.132. The molecule has 1 atom stereocenters. The second-order valence-corrected chi connectivity index (χ2v) is 5.46. The van der Waals surface area contributed by atoms with Gasteiger partial charge in [0, 0.05) is 38.0 Å². The molecule has 1 aromatic heterocycles. The maximum absolute atomic E-state index is 11.5. The molecule has 1 aliphatic carbocycles. The Kier molecular flexibility index (Phi) is 3.00. The number of nitrogen functional groups attached to an aromatic ring is 1. The van der Waals surface area contributed by atoms with Gasteiger partial charge in [0.15, 0.2) is 0 Å². The zero-order chi connectivity index (χ0) is 13.4. The third-order valence-corrected chi connectivity index (χ3v) is 3.68. The molecule has 6 heteroatoms. The summed E-state index contributed by atoms with van der Waals surface area (Å²) in [6.45, 7) is 0.710. The summed E-state index contributed by atoms with van der Waals surface area (Å²) in [5.74, 6) is 2.84. The number of hydrogen-bond acceptors (Lipinski definition) is 5. The number of carbonyl (C=O) groups is 1. The average molecular weight is 261 g/mol. The van der Waals surface area contributed by atoms with Gasteiger partial charge >= 0.3 is 0 Å². The summed E-state index contributed by atoms with van der Waals surface area (Å²) in [4.78, 5) is 22.0. The second kappa shape index (κ2) is 4.68. The molecule has 3 rings (SSSR count). The van der Waals surface area contributed by atoms with Crippen molar-refractivity contribution in [1.82, 2.24) is 14.9 Å². The minimum Gasteiger partial charge on any atom is -0.384 e. The van der Waals surface area contributed by atoms with Crippen LogP contribution in [0, 0.1) is 0 Å². The first-order chi connectivity index (χ1) is 9.11. The Balaban J connectivity index is 1.70. The van der Waals surface area contributed by atoms with E-state index in [0.29, 0.717) is 24.7 Å². The van der Waals surface area contributed by atoms with E-state index in [-0.39, 0.29) is 11.9 Å². The Morgan fingerprint density at radius 3 is 2.84 bits per heavy atom. The van der Waals surface area contributed by atoms with Crippen molar-refractivity contribution in [3.05, 3.63) is 11.9 Å². The number of aromatic nitrogens is 2. The minimum atomic E-state index is 0.207. The zero-order valence-electron chi connectivity index (χ0n) is 11.1. The first-order valence-corrected chi connectivity index (χ1v) is 6.77. The van der Waals surface area contributed by atoms with E-state index in [4.69, 9.17) is 5.73 Å². The molecule has 3 N–H and O–H groups in total. The van der Waals surface area contributed by atoms with E-state index in [1.54, 1.807) is 11.0 Å². The molecule has 1 saturated heterocycles. The summed E-state index contributed by atoms with van der Waals surface area (Å²) in [6, 6.07) is 2.01. The number of likely N-dealkylation sites (tertiary alicyclic amines) is 1. The molecule has 1 aromatic rings. The van der Waals surface area contributed by atoms with E-state index in [0.717, 1.165) is 30.9 Å². The van der Waals surface area contributed by atoms with Crippen molar-refractivity contribution in [1.29, 1.82) is 0 Å². The lowest BCUT2D eigenvalue weighted by atomic mass is 10.1. The molecular formula is C13H19N5O. The topological polar surface area (TPSA) is 84.1 Å². The summed E-state index contributed by atoms with van der Waals surface area (Å²) >= 11 is 0. The summed E-state index contributed by atoms with van der Waals surface area (Å²) in [6.07, 6.45) is 3.74. The van der Waals surface area contributed by atoms with Crippen LogP contribution in [0.3, 0.4) is 0 Å². The number of carbonyl (C=O) groups excluding carboxylic acids is 1. The van der Waals surface area contributed by atoms with Crippen molar-refractivity contribution >= 4 is 17.5 Å². The number of nitrogens with one attached hydrogen (secondary N) is 1. The first-order valence-electron chi connectivity index (χ1n) is 6.77. The molecule has 1 amide bonds. The van der Waals surface area contributed by atoms with Crippen molar-refractivity contribution in [3.8, 4) is 0 Å². The molecule has 19 heavy (non-hydrogen) atoms. The van der Waals surface area contributed by atoms with Crippen molar-refractivity contribution < 1.29 is 4.79 Å². The number of rotatable bonds is 3. The van der Waals surface area contributed by atoms with Crippen molar-refractivity contribution in [3.63, 3.8) is 0 Å². The zero-order valence-corrected chi connectivity index (χ0v) is 11.1. The fourth-order valence-electron chi connectivity index (χ4n) is 2.42. The molecule has 0 bridgehead atoms. The summed E-state index contributed by atoms with van der Waals surface area (Å²) in [7, 11) is 1.83. The maximum Gasteiger partial charge on any atom is 0.222 e. The van der Waals surface area contributed by atoms with Gasteiger partial charge in [-0.25, -0.2) is 9.97 Å². The highest BCUT2D eigenvalue weighted by Gasteiger charge is 2.28. The highest BCUT2D eigenvalue weighted by atomic mass is 16.2. The predicted molar refractivity (Wildman–Crippen MR) is 72.7 cm³/mol. The standard InChI is InChI=1S/C13H19N5O/c1-18-7-9(4-5-12(18)19)15-11-6-10(14)16-13(17-11)8-2-3-8/h6,8-9H,2-5,7H2,1H3,(H3,14,15,16,17). The van der Waals surface area contributed by atoms with E-state index < -0.39 is 0 Å². The molecule has 2 heterocycles. The van der Waals surface area contributed by atoms with E-state index in [1.807, 2.05) is 7.05 Å². The summed E-state index contributed by atoms with van der Waals surface area (Å²) in [5.41, 5.74) is 5.82. The van der Waals surface area contributed by atoms with Crippen LogP contribution in [0.1, 0.15) is 37.4 Å². The first kappa shape index (κ1) is 12.2. The molecule has 2 fully saturated rings. The molecule has 0 aromatic carbocycles. The number of likely N-dealkylation sites (N-methyl/N-ethyl adjacent to an activating group) is 1. The van der Waals surface area contributed by atoms with Crippen LogP contribution >= 0.6 is 0 Å². The van der Waals surface area contributed by atoms with Gasteiger partial charge in [0.1, 0.15) is 17.5 Å². The number of nitrogens with zero attached hydrogens (tertiary/aromatic N) is 3. The highest BCUT2D eigenvalue weighted by Crippen LogP contribution is 2.38. The van der Waals surface area contributed by atoms with Crippen LogP contribution < -0.4 is 11.1 Å². The van der Waals surface area contributed by atoms with Crippen molar-refractivity contribution in [2.24, 2.45) is 0 Å².